The molecule has 19 heavy (non-hydrogen) atoms. The smallest absolute Gasteiger partial charge is 0.279 e. The summed E-state index contributed by atoms with van der Waals surface area (Å²) in [4.78, 5) is 0. The largest absolute Gasteiger partial charge is 0.396 e. The number of ether oxygens (including phenoxy) is 1. The lowest BCUT2D eigenvalue weighted by Crippen LogP contribution is -2.46. The van der Waals surface area contributed by atoms with Crippen molar-refractivity contribution in [2.75, 3.05) is 39.5 Å². The average molecular weight is 294 g/mol. The van der Waals surface area contributed by atoms with Crippen molar-refractivity contribution in [2.45, 2.75) is 26.7 Å². The van der Waals surface area contributed by atoms with Crippen molar-refractivity contribution in [1.29, 1.82) is 0 Å². The summed E-state index contributed by atoms with van der Waals surface area (Å²) in [7, 11) is -3.39. The van der Waals surface area contributed by atoms with Gasteiger partial charge in [-0.2, -0.15) is 17.4 Å². The lowest BCUT2D eigenvalue weighted by atomic mass is 10.00. The molecule has 0 aromatic rings. The molecule has 0 amide bonds. The summed E-state index contributed by atoms with van der Waals surface area (Å²) < 4.78 is 33.3. The van der Waals surface area contributed by atoms with Gasteiger partial charge in [-0.1, -0.05) is 13.8 Å². The Kier molecular flexibility index (Phi) is 7.23. The van der Waals surface area contributed by atoms with Crippen LogP contribution in [-0.4, -0.2) is 57.3 Å². The van der Waals surface area contributed by atoms with E-state index in [2.05, 4.69) is 18.6 Å². The van der Waals surface area contributed by atoms with Gasteiger partial charge in [0.2, 0.25) is 0 Å². The molecule has 1 rings (SSSR count). The van der Waals surface area contributed by atoms with E-state index in [1.54, 1.807) is 0 Å². The Labute approximate surface area is 116 Å². The predicted molar refractivity (Wildman–Crippen MR) is 74.0 cm³/mol. The molecule has 1 aliphatic rings. The van der Waals surface area contributed by atoms with Gasteiger partial charge in [-0.15, -0.1) is 0 Å². The summed E-state index contributed by atoms with van der Waals surface area (Å²) in [5.41, 5.74) is 0. The van der Waals surface area contributed by atoms with Crippen LogP contribution >= 0.6 is 0 Å². The van der Waals surface area contributed by atoms with E-state index in [0.717, 1.165) is 12.8 Å². The Balaban J connectivity index is 2.24. The Morgan fingerprint density at radius 3 is 2.53 bits per heavy atom. The summed E-state index contributed by atoms with van der Waals surface area (Å²) in [6, 6.07) is 0. The molecular weight excluding hydrogens is 268 g/mol. The Morgan fingerprint density at radius 2 is 2.00 bits per heavy atom. The average Bonchev–Trinajstić information content (AvgIpc) is 2.38. The number of nitrogens with zero attached hydrogens (tertiary/aromatic N) is 1. The van der Waals surface area contributed by atoms with E-state index in [1.807, 2.05) is 0 Å². The van der Waals surface area contributed by atoms with Gasteiger partial charge < -0.3 is 9.84 Å². The van der Waals surface area contributed by atoms with E-state index in [-0.39, 0.29) is 12.5 Å². The predicted octanol–water partition coefficient (Wildman–Crippen LogP) is 0.198. The molecule has 1 aliphatic heterocycles. The highest BCUT2D eigenvalue weighted by molar-refractivity contribution is 7.87. The number of hydrogen-bond acceptors (Lipinski definition) is 4. The monoisotopic (exact) mass is 294 g/mol. The molecule has 0 unspecified atom stereocenters. The minimum absolute atomic E-state index is 0.143. The van der Waals surface area contributed by atoms with Crippen molar-refractivity contribution in [1.82, 2.24) is 9.03 Å². The van der Waals surface area contributed by atoms with E-state index >= 15 is 0 Å². The number of aliphatic hydroxyl groups excluding tert-OH is 1. The van der Waals surface area contributed by atoms with Crippen LogP contribution in [-0.2, 0) is 14.9 Å². The molecule has 0 spiro atoms. The molecule has 2 N–H and O–H groups in total. The Bertz CT molecular complexity index is 338. The lowest BCUT2D eigenvalue weighted by molar-refractivity contribution is 0.114. The zero-order valence-electron chi connectivity index (χ0n) is 11.8. The van der Waals surface area contributed by atoms with Crippen molar-refractivity contribution in [2.24, 2.45) is 11.8 Å². The second-order valence-electron chi connectivity index (χ2n) is 5.39. The normalized spacial score (nSPS) is 19.2. The van der Waals surface area contributed by atoms with E-state index in [9.17, 15) is 8.42 Å². The van der Waals surface area contributed by atoms with Crippen molar-refractivity contribution < 1.29 is 18.3 Å². The third kappa shape index (κ3) is 6.18. The maximum Gasteiger partial charge on any atom is 0.279 e. The molecule has 1 saturated heterocycles. The molecule has 1 fully saturated rings. The van der Waals surface area contributed by atoms with E-state index in [4.69, 9.17) is 9.84 Å². The van der Waals surface area contributed by atoms with Crippen molar-refractivity contribution in [3.8, 4) is 0 Å². The van der Waals surface area contributed by atoms with Crippen LogP contribution in [0, 0.1) is 11.8 Å². The number of aliphatic hydroxyl groups is 1. The number of nitrogens with one attached hydrogen (secondary N) is 1. The quantitative estimate of drug-likeness (QED) is 0.627. The maximum atomic E-state index is 12.0. The van der Waals surface area contributed by atoms with Gasteiger partial charge in [0.15, 0.2) is 0 Å². The first kappa shape index (κ1) is 16.8. The number of piperidine rings is 1. The summed E-state index contributed by atoms with van der Waals surface area (Å²) in [5, 5.41) is 9.03. The van der Waals surface area contributed by atoms with Gasteiger partial charge in [0.05, 0.1) is 6.61 Å². The summed E-state index contributed by atoms with van der Waals surface area (Å²) in [6.45, 7) is 6.54. The fourth-order valence-electron chi connectivity index (χ4n) is 1.99. The number of hydrogen-bond donors (Lipinski definition) is 2. The molecule has 114 valence electrons. The third-order valence-corrected chi connectivity index (χ3v) is 4.77. The molecule has 0 aromatic carbocycles. The van der Waals surface area contributed by atoms with Crippen LogP contribution in [0.3, 0.4) is 0 Å². The van der Waals surface area contributed by atoms with Crippen LogP contribution in [0.25, 0.3) is 0 Å². The van der Waals surface area contributed by atoms with E-state index < -0.39 is 10.2 Å². The molecule has 7 heteroatoms. The van der Waals surface area contributed by atoms with Gasteiger partial charge in [0, 0.05) is 32.8 Å². The fraction of sp³-hybridized carbons (Fsp3) is 1.00. The van der Waals surface area contributed by atoms with Crippen LogP contribution in [0.4, 0.5) is 0 Å². The first-order chi connectivity index (χ1) is 8.95. The Hall–Kier alpha value is -0.210. The summed E-state index contributed by atoms with van der Waals surface area (Å²) in [6.07, 6.45) is 1.45. The van der Waals surface area contributed by atoms with Crippen LogP contribution in [0.2, 0.25) is 0 Å². The van der Waals surface area contributed by atoms with Crippen LogP contribution in [0.5, 0.6) is 0 Å². The Morgan fingerprint density at radius 1 is 1.37 bits per heavy atom. The molecular formula is C12H26N2O4S. The first-order valence-corrected chi connectivity index (χ1v) is 8.33. The van der Waals surface area contributed by atoms with Crippen LogP contribution in [0.1, 0.15) is 26.7 Å². The topological polar surface area (TPSA) is 78.9 Å². The van der Waals surface area contributed by atoms with Crippen LogP contribution in [0.15, 0.2) is 0 Å². The molecule has 0 atom stereocenters. The van der Waals surface area contributed by atoms with Gasteiger partial charge >= 0.3 is 0 Å². The van der Waals surface area contributed by atoms with Gasteiger partial charge in [0.1, 0.15) is 0 Å². The van der Waals surface area contributed by atoms with Crippen LogP contribution < -0.4 is 4.72 Å². The zero-order valence-corrected chi connectivity index (χ0v) is 12.7. The molecule has 0 aliphatic carbocycles. The van der Waals surface area contributed by atoms with E-state index in [1.165, 1.54) is 4.31 Å². The SMILES string of the molecule is CC(C)COCCNS(=O)(=O)N1CCC(CO)CC1. The highest BCUT2D eigenvalue weighted by Crippen LogP contribution is 2.18. The second kappa shape index (κ2) is 8.16. The van der Waals surface area contributed by atoms with Crippen molar-refractivity contribution in [3.05, 3.63) is 0 Å². The molecule has 0 saturated carbocycles. The molecule has 1 heterocycles. The summed E-state index contributed by atoms with van der Waals surface area (Å²) in [5.74, 6) is 0.690. The van der Waals surface area contributed by atoms with Crippen molar-refractivity contribution in [3.63, 3.8) is 0 Å². The fourth-order valence-corrected chi connectivity index (χ4v) is 3.20. The van der Waals surface area contributed by atoms with Gasteiger partial charge in [0.25, 0.3) is 10.2 Å². The lowest BCUT2D eigenvalue weighted by Gasteiger charge is -2.30. The highest BCUT2D eigenvalue weighted by atomic mass is 32.2. The molecule has 0 radical (unpaired) electrons. The highest BCUT2D eigenvalue weighted by Gasteiger charge is 2.27. The number of rotatable bonds is 8. The zero-order chi connectivity index (χ0) is 14.3. The van der Waals surface area contributed by atoms with Gasteiger partial charge in [-0.25, -0.2) is 0 Å². The molecule has 0 aromatic heterocycles. The first-order valence-electron chi connectivity index (χ1n) is 6.89. The standard InChI is InChI=1S/C12H26N2O4S/c1-11(2)10-18-8-5-13-19(16,17)14-6-3-12(9-15)4-7-14/h11-13,15H,3-10H2,1-2H3. The van der Waals surface area contributed by atoms with Gasteiger partial charge in [-0.05, 0) is 24.7 Å². The minimum Gasteiger partial charge on any atom is -0.396 e. The van der Waals surface area contributed by atoms with Gasteiger partial charge in [-0.3, -0.25) is 0 Å². The second-order valence-corrected chi connectivity index (χ2v) is 7.15. The molecule has 6 nitrogen and oxygen atoms in total. The molecule has 0 bridgehead atoms. The third-order valence-electron chi connectivity index (χ3n) is 3.15. The minimum atomic E-state index is -3.39. The maximum absolute atomic E-state index is 12.0. The van der Waals surface area contributed by atoms with Crippen molar-refractivity contribution >= 4 is 10.2 Å². The van der Waals surface area contributed by atoms with E-state index in [0.29, 0.717) is 38.8 Å². The summed E-state index contributed by atoms with van der Waals surface area (Å²) >= 11 is 0.